The third-order valence-corrected chi connectivity index (χ3v) is 5.88. The molecule has 0 atom stereocenters. The molecule has 114 valence electrons. The Bertz CT molecular complexity index is 529. The molecule has 0 unspecified atom stereocenters. The first kappa shape index (κ1) is 17.5. The second kappa shape index (κ2) is 8.00. The molecule has 0 aliphatic carbocycles. The summed E-state index contributed by atoms with van der Waals surface area (Å²) >= 11 is 3.49. The zero-order chi connectivity index (χ0) is 15.2. The van der Waals surface area contributed by atoms with E-state index in [9.17, 15) is 8.42 Å². The predicted molar refractivity (Wildman–Crippen MR) is 85.9 cm³/mol. The van der Waals surface area contributed by atoms with Gasteiger partial charge in [0.1, 0.15) is 12.4 Å². The van der Waals surface area contributed by atoms with Crippen molar-refractivity contribution < 1.29 is 13.2 Å². The Morgan fingerprint density at radius 1 is 1.35 bits per heavy atom. The first-order chi connectivity index (χ1) is 9.36. The lowest BCUT2D eigenvalue weighted by molar-refractivity contribution is 0.340. The van der Waals surface area contributed by atoms with Gasteiger partial charge in [0.25, 0.3) is 0 Å². The molecule has 20 heavy (non-hydrogen) atoms. The highest BCUT2D eigenvalue weighted by atomic mass is 79.9. The van der Waals surface area contributed by atoms with E-state index in [2.05, 4.69) is 21.2 Å². The SMILES string of the molecule is CCNCc1cc(OCCS(=O)(=O)C(C)C)ccc1Br. The van der Waals surface area contributed by atoms with Crippen LogP contribution in [-0.4, -0.2) is 32.6 Å². The van der Waals surface area contributed by atoms with Crippen molar-refractivity contribution in [2.24, 2.45) is 0 Å². The van der Waals surface area contributed by atoms with Crippen molar-refractivity contribution in [2.45, 2.75) is 32.6 Å². The molecule has 1 rings (SSSR count). The van der Waals surface area contributed by atoms with E-state index in [1.807, 2.05) is 25.1 Å². The summed E-state index contributed by atoms with van der Waals surface area (Å²) in [6.07, 6.45) is 0. The molecule has 6 heteroatoms. The van der Waals surface area contributed by atoms with Gasteiger partial charge in [-0.2, -0.15) is 0 Å². The zero-order valence-electron chi connectivity index (χ0n) is 12.1. The largest absolute Gasteiger partial charge is 0.493 e. The van der Waals surface area contributed by atoms with Crippen LogP contribution in [-0.2, 0) is 16.4 Å². The van der Waals surface area contributed by atoms with Crippen molar-refractivity contribution in [2.75, 3.05) is 18.9 Å². The Hall–Kier alpha value is -0.590. The highest BCUT2D eigenvalue weighted by Gasteiger charge is 2.15. The quantitative estimate of drug-likeness (QED) is 0.771. The molecular weight excluding hydrogens is 342 g/mol. The summed E-state index contributed by atoms with van der Waals surface area (Å²) in [5.41, 5.74) is 1.09. The molecule has 0 saturated heterocycles. The zero-order valence-corrected chi connectivity index (χ0v) is 14.6. The Morgan fingerprint density at radius 3 is 2.65 bits per heavy atom. The van der Waals surface area contributed by atoms with Gasteiger partial charge in [0, 0.05) is 11.0 Å². The fraction of sp³-hybridized carbons (Fsp3) is 0.571. The Balaban J connectivity index is 2.61. The average Bonchev–Trinajstić information content (AvgIpc) is 2.38. The van der Waals surface area contributed by atoms with Crippen LogP contribution < -0.4 is 10.1 Å². The van der Waals surface area contributed by atoms with Gasteiger partial charge < -0.3 is 10.1 Å². The van der Waals surface area contributed by atoms with E-state index in [4.69, 9.17) is 4.74 Å². The van der Waals surface area contributed by atoms with E-state index >= 15 is 0 Å². The second-order valence-electron chi connectivity index (χ2n) is 4.80. The van der Waals surface area contributed by atoms with Crippen molar-refractivity contribution in [1.29, 1.82) is 0 Å². The number of rotatable bonds is 8. The molecule has 0 spiro atoms. The fourth-order valence-electron chi connectivity index (χ4n) is 1.55. The van der Waals surface area contributed by atoms with E-state index in [1.54, 1.807) is 13.8 Å². The lowest BCUT2D eigenvalue weighted by Crippen LogP contribution is -2.22. The van der Waals surface area contributed by atoms with Crippen molar-refractivity contribution in [3.63, 3.8) is 0 Å². The summed E-state index contributed by atoms with van der Waals surface area (Å²) in [5, 5.41) is 2.89. The van der Waals surface area contributed by atoms with Crippen molar-refractivity contribution in [3.05, 3.63) is 28.2 Å². The molecule has 1 N–H and O–H groups in total. The molecule has 0 heterocycles. The summed E-state index contributed by atoms with van der Waals surface area (Å²) < 4.78 is 29.9. The summed E-state index contributed by atoms with van der Waals surface area (Å²) in [6, 6.07) is 5.68. The minimum atomic E-state index is -3.05. The Kier molecular flexibility index (Phi) is 6.99. The highest BCUT2D eigenvalue weighted by molar-refractivity contribution is 9.10. The van der Waals surface area contributed by atoms with Crippen LogP contribution in [0.15, 0.2) is 22.7 Å². The predicted octanol–water partition coefficient (Wildman–Crippen LogP) is 2.76. The number of hydrogen-bond donors (Lipinski definition) is 1. The molecule has 0 amide bonds. The maximum atomic E-state index is 11.7. The fourth-order valence-corrected chi connectivity index (χ4v) is 2.72. The van der Waals surface area contributed by atoms with E-state index in [-0.39, 0.29) is 17.6 Å². The first-order valence-electron chi connectivity index (χ1n) is 6.70. The Labute approximate surface area is 130 Å². The number of benzene rings is 1. The molecule has 0 aliphatic heterocycles. The van der Waals surface area contributed by atoms with Crippen LogP contribution in [0, 0.1) is 0 Å². The monoisotopic (exact) mass is 363 g/mol. The van der Waals surface area contributed by atoms with Crippen LogP contribution in [0.4, 0.5) is 0 Å². The van der Waals surface area contributed by atoms with Gasteiger partial charge in [-0.15, -0.1) is 0 Å². The summed E-state index contributed by atoms with van der Waals surface area (Å²) in [4.78, 5) is 0. The number of ether oxygens (including phenoxy) is 1. The van der Waals surface area contributed by atoms with Gasteiger partial charge in [-0.25, -0.2) is 8.42 Å². The van der Waals surface area contributed by atoms with Crippen molar-refractivity contribution >= 4 is 25.8 Å². The number of hydrogen-bond acceptors (Lipinski definition) is 4. The maximum absolute atomic E-state index is 11.7. The standard InChI is InChI=1S/C14H22BrNO3S/c1-4-16-10-12-9-13(5-6-14(12)15)19-7-8-20(17,18)11(2)3/h5-6,9,11,16H,4,7-8,10H2,1-3H3. The lowest BCUT2D eigenvalue weighted by atomic mass is 10.2. The minimum Gasteiger partial charge on any atom is -0.493 e. The Morgan fingerprint density at radius 2 is 2.05 bits per heavy atom. The van der Waals surface area contributed by atoms with Crippen molar-refractivity contribution in [3.8, 4) is 5.75 Å². The molecule has 4 nitrogen and oxygen atoms in total. The topological polar surface area (TPSA) is 55.4 Å². The van der Waals surface area contributed by atoms with E-state index in [0.29, 0.717) is 5.75 Å². The third kappa shape index (κ3) is 5.42. The summed E-state index contributed by atoms with van der Waals surface area (Å²) in [6.45, 7) is 7.24. The average molecular weight is 364 g/mol. The molecule has 1 aromatic rings. The summed E-state index contributed by atoms with van der Waals surface area (Å²) in [7, 11) is -3.05. The van der Waals surface area contributed by atoms with E-state index in [1.165, 1.54) is 0 Å². The smallest absolute Gasteiger partial charge is 0.155 e. The minimum absolute atomic E-state index is 0.0449. The van der Waals surface area contributed by atoms with Gasteiger partial charge in [0.15, 0.2) is 9.84 Å². The molecule has 0 aliphatic rings. The number of sulfone groups is 1. The molecule has 0 bridgehead atoms. The van der Waals surface area contributed by atoms with Crippen LogP contribution in [0.1, 0.15) is 26.3 Å². The van der Waals surface area contributed by atoms with Gasteiger partial charge in [-0.1, -0.05) is 22.9 Å². The molecular formula is C14H22BrNO3S. The van der Waals surface area contributed by atoms with Gasteiger partial charge in [-0.05, 0) is 44.2 Å². The molecule has 0 saturated carbocycles. The van der Waals surface area contributed by atoms with Gasteiger partial charge in [-0.3, -0.25) is 0 Å². The molecule has 0 radical (unpaired) electrons. The van der Waals surface area contributed by atoms with Gasteiger partial charge in [0.2, 0.25) is 0 Å². The normalized spacial score (nSPS) is 11.8. The second-order valence-corrected chi connectivity index (χ2v) is 8.33. The van der Waals surface area contributed by atoms with Gasteiger partial charge >= 0.3 is 0 Å². The molecule has 0 aromatic heterocycles. The number of nitrogens with one attached hydrogen (secondary N) is 1. The highest BCUT2D eigenvalue weighted by Crippen LogP contribution is 2.22. The van der Waals surface area contributed by atoms with Crippen LogP contribution in [0.3, 0.4) is 0 Å². The van der Waals surface area contributed by atoms with Crippen LogP contribution in [0.2, 0.25) is 0 Å². The number of halogens is 1. The molecule has 0 fully saturated rings. The van der Waals surface area contributed by atoms with Gasteiger partial charge in [0.05, 0.1) is 11.0 Å². The van der Waals surface area contributed by atoms with Crippen molar-refractivity contribution in [1.82, 2.24) is 5.32 Å². The lowest BCUT2D eigenvalue weighted by Gasteiger charge is -2.11. The van der Waals surface area contributed by atoms with Crippen LogP contribution in [0.5, 0.6) is 5.75 Å². The van der Waals surface area contributed by atoms with E-state index in [0.717, 1.165) is 23.1 Å². The third-order valence-electron chi connectivity index (χ3n) is 2.94. The molecule has 1 aromatic carbocycles. The summed E-state index contributed by atoms with van der Waals surface area (Å²) in [5.74, 6) is 0.739. The van der Waals surface area contributed by atoms with Crippen LogP contribution in [0.25, 0.3) is 0 Å². The van der Waals surface area contributed by atoms with E-state index < -0.39 is 9.84 Å². The maximum Gasteiger partial charge on any atom is 0.155 e. The first-order valence-corrected chi connectivity index (χ1v) is 9.21. The van der Waals surface area contributed by atoms with Crippen LogP contribution >= 0.6 is 15.9 Å².